The topological polar surface area (TPSA) is 166 Å². The Labute approximate surface area is 282 Å². The number of benzene rings is 3. The van der Waals surface area contributed by atoms with Gasteiger partial charge < -0.3 is 26.0 Å². The smallest absolute Gasteiger partial charge is 0.336 e. The summed E-state index contributed by atoms with van der Waals surface area (Å²) in [6.07, 6.45) is 13.6. The first-order valence-corrected chi connectivity index (χ1v) is 15.3. The molecule has 0 amide bonds. The van der Waals surface area contributed by atoms with E-state index in [2.05, 4.69) is 9.98 Å². The summed E-state index contributed by atoms with van der Waals surface area (Å²) in [5.41, 5.74) is 11.0. The minimum atomic E-state index is -1.12. The molecule has 2 heterocycles. The maximum atomic E-state index is 12.4. The van der Waals surface area contributed by atoms with E-state index < -0.39 is 17.9 Å². The zero-order chi connectivity index (χ0) is 34.8. The van der Waals surface area contributed by atoms with E-state index >= 15 is 0 Å². The molecular formula is C40H33N3O6. The van der Waals surface area contributed by atoms with Crippen LogP contribution in [0.25, 0.3) is 28.5 Å². The van der Waals surface area contributed by atoms with Crippen LogP contribution in [-0.4, -0.2) is 50.5 Å². The Kier molecular flexibility index (Phi) is 10.8. The van der Waals surface area contributed by atoms with Crippen LogP contribution in [0.4, 0.5) is 0 Å². The highest BCUT2D eigenvalue weighted by Gasteiger charge is 2.16. The van der Waals surface area contributed by atoms with Gasteiger partial charge in [-0.3, -0.25) is 4.99 Å². The summed E-state index contributed by atoms with van der Waals surface area (Å²) < 4.78 is 0. The Bertz CT molecular complexity index is 2070. The van der Waals surface area contributed by atoms with Crippen molar-refractivity contribution < 1.29 is 29.7 Å². The number of nitrogens with one attached hydrogen (secondary N) is 1. The van der Waals surface area contributed by atoms with Crippen LogP contribution < -0.4 is 5.73 Å². The van der Waals surface area contributed by atoms with Crippen LogP contribution in [0.15, 0.2) is 150 Å². The zero-order valence-corrected chi connectivity index (χ0v) is 26.2. The number of hydrogen-bond donors (Lipinski definition) is 5. The van der Waals surface area contributed by atoms with Crippen molar-refractivity contribution in [1.82, 2.24) is 4.98 Å². The van der Waals surface area contributed by atoms with Gasteiger partial charge in [0.15, 0.2) is 0 Å². The minimum Gasteiger partial charge on any atom is -0.478 e. The fraction of sp³-hybridized carbons (Fsp3) is 0.0500. The van der Waals surface area contributed by atoms with Gasteiger partial charge in [-0.05, 0) is 70.2 Å². The number of aromatic nitrogens is 1. The number of H-pyrrole nitrogens is 1. The van der Waals surface area contributed by atoms with Gasteiger partial charge in [0.1, 0.15) is 0 Å². The van der Waals surface area contributed by atoms with E-state index in [1.54, 1.807) is 116 Å². The lowest BCUT2D eigenvalue weighted by molar-refractivity contribution is -0.131. The van der Waals surface area contributed by atoms with Crippen LogP contribution in [0.5, 0.6) is 0 Å². The van der Waals surface area contributed by atoms with Crippen LogP contribution in [-0.2, 0) is 14.4 Å². The molecule has 0 radical (unpaired) electrons. The highest BCUT2D eigenvalue weighted by molar-refractivity contribution is 6.20. The summed E-state index contributed by atoms with van der Waals surface area (Å²) in [4.78, 5) is 43.9. The Morgan fingerprint density at radius 3 is 1.76 bits per heavy atom. The predicted molar refractivity (Wildman–Crippen MR) is 192 cm³/mol. The number of hydrogen-bond acceptors (Lipinski definition) is 5. The highest BCUT2D eigenvalue weighted by atomic mass is 16.4. The van der Waals surface area contributed by atoms with Gasteiger partial charge in [0.05, 0.1) is 34.2 Å². The van der Waals surface area contributed by atoms with Gasteiger partial charge in [0, 0.05) is 12.4 Å². The first kappa shape index (κ1) is 33.6. The van der Waals surface area contributed by atoms with Gasteiger partial charge in [-0.15, -0.1) is 0 Å². The van der Waals surface area contributed by atoms with E-state index in [-0.39, 0.29) is 22.8 Å². The van der Waals surface area contributed by atoms with Crippen molar-refractivity contribution in [3.63, 3.8) is 0 Å². The molecule has 49 heavy (non-hydrogen) atoms. The van der Waals surface area contributed by atoms with Gasteiger partial charge >= 0.3 is 17.9 Å². The number of aliphatic carboxylic acids is 3. The average Bonchev–Trinajstić information content (AvgIpc) is 3.78. The molecule has 1 aromatic heterocycles. The van der Waals surface area contributed by atoms with Gasteiger partial charge in [-0.1, -0.05) is 103 Å². The standard InChI is InChI=1S/C40H33N3O6/c41-36(37-23-28(25-43-37)21-35(40(48)49)31-14-8-3-9-15-31)22-26(19-33(38(44)45)29-10-4-1-5-11-29)16-17-32-18-27(24-42-32)20-34(39(46)47)30-12-6-2-7-13-30/h1-16,18-25,32,43H,17,41H2,(H,44,45)(H,46,47)(H,48,49)/b26-16-,33-19+,34-20+,35-21+,36-22-. The van der Waals surface area contributed by atoms with Gasteiger partial charge in [-0.25, -0.2) is 14.4 Å². The first-order valence-electron chi connectivity index (χ1n) is 15.3. The van der Waals surface area contributed by atoms with Crippen molar-refractivity contribution in [1.29, 1.82) is 0 Å². The quantitative estimate of drug-likeness (QED) is 0.0769. The number of nitrogens with zero attached hydrogens (tertiary/aromatic N) is 1. The number of carboxylic acids is 3. The van der Waals surface area contributed by atoms with E-state index in [0.717, 1.165) is 0 Å². The largest absolute Gasteiger partial charge is 0.478 e. The van der Waals surface area contributed by atoms with Gasteiger partial charge in [0.2, 0.25) is 0 Å². The van der Waals surface area contributed by atoms with Crippen molar-refractivity contribution >= 4 is 52.6 Å². The molecule has 1 unspecified atom stereocenters. The number of aliphatic imine (C=N–C) groups is 1. The monoisotopic (exact) mass is 651 g/mol. The second-order valence-corrected chi connectivity index (χ2v) is 11.1. The number of allylic oxidation sites excluding steroid dienone is 5. The van der Waals surface area contributed by atoms with E-state index in [9.17, 15) is 29.7 Å². The zero-order valence-electron chi connectivity index (χ0n) is 26.2. The number of aromatic amines is 1. The van der Waals surface area contributed by atoms with Crippen LogP contribution in [0.2, 0.25) is 0 Å². The molecule has 4 aromatic rings. The molecule has 6 N–H and O–H groups in total. The van der Waals surface area contributed by atoms with Crippen LogP contribution in [0, 0.1) is 0 Å². The number of carboxylic acid groups (broad SMARTS) is 3. The molecule has 1 atom stereocenters. The summed E-state index contributed by atoms with van der Waals surface area (Å²) in [6, 6.07) is 27.7. The lowest BCUT2D eigenvalue weighted by Crippen LogP contribution is -2.02. The lowest BCUT2D eigenvalue weighted by atomic mass is 10.0. The molecule has 0 spiro atoms. The molecule has 5 rings (SSSR count). The second kappa shape index (κ2) is 15.7. The van der Waals surface area contributed by atoms with E-state index in [4.69, 9.17) is 5.73 Å². The first-order chi connectivity index (χ1) is 23.7. The minimum absolute atomic E-state index is 0.0583. The molecule has 244 valence electrons. The number of rotatable bonds is 13. The third-order valence-corrected chi connectivity index (χ3v) is 7.61. The molecule has 9 heteroatoms. The second-order valence-electron chi connectivity index (χ2n) is 11.1. The number of nitrogens with two attached hydrogens (primary N) is 1. The molecule has 0 saturated carbocycles. The maximum Gasteiger partial charge on any atom is 0.336 e. The predicted octanol–water partition coefficient (Wildman–Crippen LogP) is 6.97. The van der Waals surface area contributed by atoms with Crippen molar-refractivity contribution in [2.24, 2.45) is 10.7 Å². The Morgan fingerprint density at radius 1 is 0.714 bits per heavy atom. The van der Waals surface area contributed by atoms with E-state index in [1.165, 1.54) is 6.08 Å². The summed E-state index contributed by atoms with van der Waals surface area (Å²) in [6.45, 7) is 0. The third-order valence-electron chi connectivity index (χ3n) is 7.61. The molecule has 9 nitrogen and oxygen atoms in total. The Hall–Kier alpha value is -6.74. The number of carbonyl (C=O) groups is 3. The van der Waals surface area contributed by atoms with Crippen molar-refractivity contribution in [2.45, 2.75) is 12.5 Å². The van der Waals surface area contributed by atoms with Gasteiger partial charge in [0.25, 0.3) is 0 Å². The summed E-state index contributed by atoms with van der Waals surface area (Å²) in [5.74, 6) is -3.25. The normalized spacial score (nSPS) is 15.6. The van der Waals surface area contributed by atoms with Crippen LogP contribution in [0.3, 0.4) is 0 Å². The molecule has 0 fully saturated rings. The van der Waals surface area contributed by atoms with Crippen molar-refractivity contribution in [2.75, 3.05) is 0 Å². The SMILES string of the molecule is N\C(=C/C(=C\CC1C=C(/C=C(/C(=O)O)c2ccccc2)C=N1)/C=C(/C(=O)O)c1ccccc1)c1cc(/C=C(/C(=O)O)c2ccccc2)c[nH]1. The molecular weight excluding hydrogens is 618 g/mol. The summed E-state index contributed by atoms with van der Waals surface area (Å²) in [7, 11) is 0. The molecule has 3 aromatic carbocycles. The van der Waals surface area contributed by atoms with Crippen LogP contribution in [0.1, 0.15) is 34.4 Å². The molecule has 0 bridgehead atoms. The van der Waals surface area contributed by atoms with Crippen molar-refractivity contribution in [3.05, 3.63) is 173 Å². The molecule has 1 aliphatic heterocycles. The molecule has 0 aliphatic carbocycles. The fourth-order valence-electron chi connectivity index (χ4n) is 5.20. The molecule has 1 aliphatic rings. The van der Waals surface area contributed by atoms with E-state index in [1.807, 2.05) is 24.3 Å². The third kappa shape index (κ3) is 8.96. The van der Waals surface area contributed by atoms with E-state index in [0.29, 0.717) is 51.2 Å². The van der Waals surface area contributed by atoms with Crippen LogP contribution >= 0.6 is 0 Å². The van der Waals surface area contributed by atoms with Gasteiger partial charge in [-0.2, -0.15) is 0 Å². The highest BCUT2D eigenvalue weighted by Crippen LogP contribution is 2.25. The lowest BCUT2D eigenvalue weighted by Gasteiger charge is -2.07. The average molecular weight is 652 g/mol. The molecule has 0 saturated heterocycles. The summed E-state index contributed by atoms with van der Waals surface area (Å²) in [5, 5.41) is 29.7. The Morgan fingerprint density at radius 2 is 1.22 bits per heavy atom. The van der Waals surface area contributed by atoms with Crippen molar-refractivity contribution in [3.8, 4) is 0 Å². The maximum absolute atomic E-state index is 12.4. The summed E-state index contributed by atoms with van der Waals surface area (Å²) >= 11 is 0. The Balaban J connectivity index is 1.47. The fourth-order valence-corrected chi connectivity index (χ4v) is 5.20.